The summed E-state index contributed by atoms with van der Waals surface area (Å²) in [6, 6.07) is 72.2. The molecule has 346 valence electrons. The Morgan fingerprint density at radius 3 is 1.79 bits per heavy atom. The van der Waals surface area contributed by atoms with E-state index in [4.69, 9.17) is 9.72 Å². The number of nitrogens with zero attached hydrogens (tertiary/aromatic N) is 4. The summed E-state index contributed by atoms with van der Waals surface area (Å²) < 4.78 is 9.23. The van der Waals surface area contributed by atoms with Gasteiger partial charge in [0.05, 0.1) is 22.4 Å². The Labute approximate surface area is 413 Å². The van der Waals surface area contributed by atoms with E-state index >= 15 is 0 Å². The van der Waals surface area contributed by atoms with Crippen LogP contribution in [0.3, 0.4) is 0 Å². The van der Waals surface area contributed by atoms with Gasteiger partial charge in [-0.1, -0.05) is 177 Å². The molecule has 0 aliphatic carbocycles. The van der Waals surface area contributed by atoms with Gasteiger partial charge < -0.3 is 14.5 Å². The van der Waals surface area contributed by atoms with E-state index in [1.165, 1.54) is 55.9 Å². The number of aromatic nitrogens is 2. The Morgan fingerprint density at radius 2 is 1.09 bits per heavy atom. The lowest BCUT2D eigenvalue weighted by atomic mass is 9.78. The summed E-state index contributed by atoms with van der Waals surface area (Å²) in [7, 11) is 0. The molecule has 5 nitrogen and oxygen atoms in total. The van der Waals surface area contributed by atoms with E-state index in [1.54, 1.807) is 0 Å². The molecule has 0 radical (unpaired) electrons. The monoisotopic (exact) mass is 912 g/mol. The molecule has 11 rings (SSSR count). The van der Waals surface area contributed by atoms with Crippen LogP contribution in [0.25, 0.3) is 49.9 Å². The predicted octanol–water partition coefficient (Wildman–Crippen LogP) is 17.5. The number of para-hydroxylation sites is 1. The molecule has 1 aliphatic heterocycles. The molecule has 0 unspecified atom stereocenters. The topological polar surface area (TPSA) is 33.5 Å². The van der Waals surface area contributed by atoms with Crippen LogP contribution < -0.4 is 14.5 Å². The average Bonchev–Trinajstić information content (AvgIpc) is 3.93. The third-order valence-electron chi connectivity index (χ3n) is 14.3. The van der Waals surface area contributed by atoms with Crippen LogP contribution in [0.1, 0.15) is 77.6 Å². The first-order valence-corrected chi connectivity index (χ1v) is 24.5. The zero-order chi connectivity index (χ0) is 48.4. The standard InChI is InChI=1S/C65H60N4O/c1-63(2,3)49-37-50(64(4,5)6)39-52(38-49)68-43-67(59-29-19-28-55(62(59)68)45-22-14-10-15-23-45)51-26-18-27-53(41-51)70-54-31-32-56-57-36-46(44-20-12-9-13-21-44)30-33-58(57)69(60(56)42-54)61-40-48(34-35-66-61)65(7,8)47-24-16-11-17-25-47/h9-42H,43H2,1-8H3. The number of hydrogen-bond donors (Lipinski definition) is 0. The Hall–Kier alpha value is -7.89. The molecular formula is C65H60N4O. The molecule has 0 fully saturated rings. The number of fused-ring (bicyclic) bond motifs is 4. The molecule has 0 saturated carbocycles. The fraction of sp³-hybridized carbons (Fsp3) is 0.185. The Kier molecular flexibility index (Phi) is 11.0. The lowest BCUT2D eigenvalue weighted by Gasteiger charge is -2.30. The van der Waals surface area contributed by atoms with Crippen LogP contribution in [0.15, 0.2) is 206 Å². The quantitative estimate of drug-likeness (QED) is 0.144. The molecule has 70 heavy (non-hydrogen) atoms. The second kappa shape index (κ2) is 17.3. The van der Waals surface area contributed by atoms with Crippen molar-refractivity contribution in [2.45, 2.75) is 71.6 Å². The average molecular weight is 913 g/mol. The second-order valence-electron chi connectivity index (χ2n) is 21.4. The van der Waals surface area contributed by atoms with Crippen LogP contribution in [0, 0.1) is 0 Å². The molecule has 0 N–H and O–H groups in total. The van der Waals surface area contributed by atoms with Crippen LogP contribution in [-0.2, 0) is 16.2 Å². The van der Waals surface area contributed by atoms with Gasteiger partial charge in [0.15, 0.2) is 0 Å². The lowest BCUT2D eigenvalue weighted by molar-refractivity contribution is 0.483. The predicted molar refractivity (Wildman–Crippen MR) is 294 cm³/mol. The van der Waals surface area contributed by atoms with Gasteiger partial charge in [-0.15, -0.1) is 0 Å². The summed E-state index contributed by atoms with van der Waals surface area (Å²) >= 11 is 0. The molecule has 0 bridgehead atoms. The summed E-state index contributed by atoms with van der Waals surface area (Å²) in [6.45, 7) is 19.1. The SMILES string of the molecule is CC(C)(C)c1cc(N2CN(c3cccc(Oc4ccc5c6cc(-c7ccccc7)ccc6n(-c6cc(C(C)(C)c7ccccc7)ccn6)c5c4)c3)c3cccc(-c4ccccc4)c32)cc(C(C)(C)C)c1. The van der Waals surface area contributed by atoms with E-state index in [9.17, 15) is 0 Å². The van der Waals surface area contributed by atoms with Gasteiger partial charge in [0, 0.05) is 51.5 Å². The zero-order valence-corrected chi connectivity index (χ0v) is 41.5. The molecule has 8 aromatic carbocycles. The van der Waals surface area contributed by atoms with Crippen LogP contribution in [0.5, 0.6) is 11.5 Å². The first-order valence-electron chi connectivity index (χ1n) is 24.5. The number of rotatable bonds is 9. The van der Waals surface area contributed by atoms with Crippen LogP contribution >= 0.6 is 0 Å². The van der Waals surface area contributed by atoms with E-state index in [1.807, 2.05) is 6.20 Å². The smallest absolute Gasteiger partial charge is 0.137 e. The summed E-state index contributed by atoms with van der Waals surface area (Å²) in [4.78, 5) is 9.99. The highest BCUT2D eigenvalue weighted by Gasteiger charge is 2.33. The Balaban J connectivity index is 1.00. The van der Waals surface area contributed by atoms with Crippen molar-refractivity contribution < 1.29 is 4.74 Å². The normalized spacial score (nSPS) is 13.0. The van der Waals surface area contributed by atoms with Crippen molar-refractivity contribution in [1.82, 2.24) is 9.55 Å². The number of hydrogen-bond acceptors (Lipinski definition) is 4. The first kappa shape index (κ1) is 44.6. The van der Waals surface area contributed by atoms with Crippen molar-refractivity contribution >= 4 is 44.6 Å². The van der Waals surface area contributed by atoms with Gasteiger partial charge in [0.25, 0.3) is 0 Å². The number of anilines is 4. The highest BCUT2D eigenvalue weighted by atomic mass is 16.5. The minimum absolute atomic E-state index is 0.0226. The highest BCUT2D eigenvalue weighted by Crippen LogP contribution is 2.51. The zero-order valence-electron chi connectivity index (χ0n) is 41.5. The Morgan fingerprint density at radius 1 is 0.429 bits per heavy atom. The molecule has 5 heteroatoms. The summed E-state index contributed by atoms with van der Waals surface area (Å²) in [5, 5.41) is 2.30. The van der Waals surface area contributed by atoms with E-state index in [0.29, 0.717) is 6.67 Å². The minimum Gasteiger partial charge on any atom is -0.457 e. The van der Waals surface area contributed by atoms with E-state index in [2.05, 4.69) is 270 Å². The maximum Gasteiger partial charge on any atom is 0.137 e. The molecule has 0 saturated heterocycles. The molecule has 2 aromatic heterocycles. The molecule has 0 amide bonds. The van der Waals surface area contributed by atoms with Gasteiger partial charge in [0.1, 0.15) is 24.0 Å². The molecular weight excluding hydrogens is 853 g/mol. The fourth-order valence-corrected chi connectivity index (χ4v) is 10.2. The highest BCUT2D eigenvalue weighted by molar-refractivity contribution is 6.11. The van der Waals surface area contributed by atoms with Crippen molar-refractivity contribution in [3.8, 4) is 39.6 Å². The van der Waals surface area contributed by atoms with Gasteiger partial charge in [-0.3, -0.25) is 4.57 Å². The summed E-state index contributed by atoms with van der Waals surface area (Å²) in [5.41, 5.74) is 16.3. The van der Waals surface area contributed by atoms with Crippen molar-refractivity contribution in [3.63, 3.8) is 0 Å². The second-order valence-corrected chi connectivity index (χ2v) is 21.4. The summed E-state index contributed by atoms with van der Waals surface area (Å²) in [5.74, 6) is 2.38. The maximum absolute atomic E-state index is 6.93. The molecule has 0 atom stereocenters. The third kappa shape index (κ3) is 8.19. The lowest BCUT2D eigenvalue weighted by Crippen LogP contribution is -2.25. The van der Waals surface area contributed by atoms with Crippen molar-refractivity contribution in [2.75, 3.05) is 16.5 Å². The van der Waals surface area contributed by atoms with E-state index in [-0.39, 0.29) is 16.2 Å². The van der Waals surface area contributed by atoms with Crippen molar-refractivity contribution in [2.24, 2.45) is 0 Å². The summed E-state index contributed by atoms with van der Waals surface area (Å²) in [6.07, 6.45) is 1.95. The van der Waals surface area contributed by atoms with Crippen LogP contribution in [-0.4, -0.2) is 16.2 Å². The van der Waals surface area contributed by atoms with Gasteiger partial charge in [-0.05, 0) is 117 Å². The third-order valence-corrected chi connectivity index (χ3v) is 14.3. The first-order chi connectivity index (χ1) is 33.7. The van der Waals surface area contributed by atoms with E-state index in [0.717, 1.165) is 50.5 Å². The van der Waals surface area contributed by atoms with Gasteiger partial charge >= 0.3 is 0 Å². The van der Waals surface area contributed by atoms with Crippen molar-refractivity contribution in [3.05, 3.63) is 229 Å². The molecule has 3 heterocycles. The minimum atomic E-state index is -0.237. The van der Waals surface area contributed by atoms with Crippen molar-refractivity contribution in [1.29, 1.82) is 0 Å². The number of benzene rings is 8. The van der Waals surface area contributed by atoms with Gasteiger partial charge in [-0.2, -0.15) is 0 Å². The molecule has 0 spiro atoms. The molecule has 10 aromatic rings. The fourth-order valence-electron chi connectivity index (χ4n) is 10.2. The van der Waals surface area contributed by atoms with Gasteiger partial charge in [-0.25, -0.2) is 4.98 Å². The number of ether oxygens (including phenoxy) is 1. The molecule has 1 aliphatic rings. The largest absolute Gasteiger partial charge is 0.457 e. The van der Waals surface area contributed by atoms with Gasteiger partial charge in [0.2, 0.25) is 0 Å². The number of pyridine rings is 1. The van der Waals surface area contributed by atoms with Crippen LogP contribution in [0.2, 0.25) is 0 Å². The maximum atomic E-state index is 6.93. The van der Waals surface area contributed by atoms with Crippen LogP contribution in [0.4, 0.5) is 22.7 Å². The van der Waals surface area contributed by atoms with E-state index < -0.39 is 0 Å². The Bertz CT molecular complexity index is 3510.